The van der Waals surface area contributed by atoms with Crippen LogP contribution in [0.1, 0.15) is 32.1 Å². The molecule has 4 aromatic heterocycles. The van der Waals surface area contributed by atoms with Gasteiger partial charge in [0.2, 0.25) is 0 Å². The number of fused-ring (bicyclic) bond motifs is 2. The Morgan fingerprint density at radius 2 is 1.75 bits per heavy atom. The Morgan fingerprint density at radius 1 is 0.925 bits per heavy atom. The number of H-pyrrole nitrogens is 2. The fourth-order valence-electron chi connectivity index (χ4n) is 6.09. The second-order valence-electron chi connectivity index (χ2n) is 11.2. The molecule has 2 aliphatic rings. The minimum Gasteiger partial charge on any atom is -0.366 e. The molecule has 1 aromatic carbocycles. The van der Waals surface area contributed by atoms with Crippen LogP contribution in [0.2, 0.25) is 0 Å². The van der Waals surface area contributed by atoms with Crippen LogP contribution >= 0.6 is 0 Å². The zero-order valence-corrected chi connectivity index (χ0v) is 23.0. The second kappa shape index (κ2) is 10.4. The Labute approximate surface area is 233 Å². The number of pyridine rings is 2. The van der Waals surface area contributed by atoms with Gasteiger partial charge in [0.1, 0.15) is 11.2 Å². The van der Waals surface area contributed by atoms with Gasteiger partial charge in [0.15, 0.2) is 5.82 Å². The third-order valence-electron chi connectivity index (χ3n) is 8.48. The van der Waals surface area contributed by atoms with Crippen LogP contribution in [-0.4, -0.2) is 68.3 Å². The summed E-state index contributed by atoms with van der Waals surface area (Å²) in [6.07, 6.45) is 13.9. The van der Waals surface area contributed by atoms with Crippen LogP contribution in [-0.2, 0) is 0 Å². The van der Waals surface area contributed by atoms with Gasteiger partial charge in [-0.3, -0.25) is 15.1 Å². The number of piperazine rings is 1. The summed E-state index contributed by atoms with van der Waals surface area (Å²) in [4.78, 5) is 22.3. The number of aromatic amines is 2. The summed E-state index contributed by atoms with van der Waals surface area (Å²) in [7, 11) is 2.16. The molecular formula is C31H35N9. The Kier molecular flexibility index (Phi) is 6.43. The molecular weight excluding hydrogens is 498 g/mol. The number of nitrogens with zero attached hydrogens (tertiary/aromatic N) is 6. The normalized spacial score (nSPS) is 17.1. The fourth-order valence-corrected chi connectivity index (χ4v) is 6.09. The van der Waals surface area contributed by atoms with Crippen molar-refractivity contribution in [3.8, 4) is 22.6 Å². The van der Waals surface area contributed by atoms with E-state index in [-0.39, 0.29) is 0 Å². The van der Waals surface area contributed by atoms with E-state index < -0.39 is 0 Å². The molecule has 0 radical (unpaired) electrons. The molecule has 204 valence electrons. The number of allylic oxidation sites excluding steroid dienone is 1. The van der Waals surface area contributed by atoms with Crippen LogP contribution in [0.25, 0.3) is 44.6 Å². The molecule has 0 amide bonds. The van der Waals surface area contributed by atoms with E-state index in [0.29, 0.717) is 5.92 Å². The summed E-state index contributed by atoms with van der Waals surface area (Å²) in [5.74, 6) is 1.28. The van der Waals surface area contributed by atoms with Crippen molar-refractivity contribution in [3.05, 3.63) is 61.3 Å². The van der Waals surface area contributed by atoms with Crippen molar-refractivity contribution in [3.63, 3.8) is 0 Å². The number of hydrogen-bond acceptors (Lipinski definition) is 7. The molecule has 0 atom stereocenters. The molecule has 0 unspecified atom stereocenters. The second-order valence-corrected chi connectivity index (χ2v) is 11.2. The van der Waals surface area contributed by atoms with Crippen molar-refractivity contribution in [2.75, 3.05) is 43.4 Å². The first kappa shape index (κ1) is 24.8. The van der Waals surface area contributed by atoms with E-state index in [0.717, 1.165) is 87.8 Å². The standard InChI is InChI=1S/C31H35N9/c1-20(21-6-4-3-5-7-21)34-24-14-23(16-32-17-24)22-8-9-26-25(15-22)29(38-37-26)31-35-27-18-33-19-28(30(27)36-31)40-12-10-39(2)11-13-40/h8-9,14-19,21,34H,1,3-7,10-13H2,2H3,(H,35,36)(H,37,38). The largest absolute Gasteiger partial charge is 0.366 e. The van der Waals surface area contributed by atoms with E-state index in [1.807, 2.05) is 24.8 Å². The van der Waals surface area contributed by atoms with Crippen LogP contribution in [0.3, 0.4) is 0 Å². The Hall–Kier alpha value is -4.24. The van der Waals surface area contributed by atoms with Gasteiger partial charge in [-0.15, -0.1) is 0 Å². The van der Waals surface area contributed by atoms with Crippen molar-refractivity contribution in [1.82, 2.24) is 35.0 Å². The zero-order valence-electron chi connectivity index (χ0n) is 23.0. The minimum atomic E-state index is 0.540. The van der Waals surface area contributed by atoms with Crippen molar-refractivity contribution in [2.24, 2.45) is 5.92 Å². The lowest BCUT2D eigenvalue weighted by Gasteiger charge is -2.33. The smallest absolute Gasteiger partial charge is 0.159 e. The van der Waals surface area contributed by atoms with Gasteiger partial charge in [0.05, 0.1) is 41.0 Å². The summed E-state index contributed by atoms with van der Waals surface area (Å²) in [6, 6.07) is 8.49. The number of benzene rings is 1. The van der Waals surface area contributed by atoms with Gasteiger partial charge in [0.25, 0.3) is 0 Å². The molecule has 0 spiro atoms. The maximum atomic E-state index is 5.03. The average Bonchev–Trinajstić information content (AvgIpc) is 3.62. The van der Waals surface area contributed by atoms with Gasteiger partial charge in [0, 0.05) is 49.0 Å². The summed E-state index contributed by atoms with van der Waals surface area (Å²) in [5, 5.41) is 12.4. The van der Waals surface area contributed by atoms with Crippen LogP contribution < -0.4 is 10.2 Å². The molecule has 5 aromatic rings. The van der Waals surface area contributed by atoms with Gasteiger partial charge in [-0.05, 0) is 49.6 Å². The van der Waals surface area contributed by atoms with Gasteiger partial charge < -0.3 is 20.1 Å². The highest BCUT2D eigenvalue weighted by Crippen LogP contribution is 2.34. The lowest BCUT2D eigenvalue weighted by atomic mass is 9.87. The number of hydrogen-bond donors (Lipinski definition) is 3. The Balaban J connectivity index is 1.19. The van der Waals surface area contributed by atoms with E-state index in [1.165, 1.54) is 32.1 Å². The SMILES string of the molecule is C=C(Nc1cncc(-c2ccc3[nH]nc(-c4nc5c(N6CCN(C)CC6)cncc5[nH]4)c3c2)c1)C1CCCCC1. The summed E-state index contributed by atoms with van der Waals surface area (Å²) >= 11 is 0. The molecule has 0 bridgehead atoms. The maximum absolute atomic E-state index is 5.03. The van der Waals surface area contributed by atoms with Crippen molar-refractivity contribution >= 4 is 33.3 Å². The topological polar surface area (TPSA) is 102 Å². The molecule has 7 rings (SSSR count). The number of imidazole rings is 1. The number of nitrogens with one attached hydrogen (secondary N) is 3. The van der Waals surface area contributed by atoms with E-state index in [4.69, 9.17) is 4.98 Å². The number of aromatic nitrogens is 6. The Bertz CT molecular complexity index is 1670. The third kappa shape index (κ3) is 4.70. The quantitative estimate of drug-likeness (QED) is 0.253. The molecule has 1 saturated heterocycles. The molecule has 40 heavy (non-hydrogen) atoms. The predicted molar refractivity (Wildman–Crippen MR) is 161 cm³/mol. The molecule has 5 heterocycles. The number of likely N-dealkylation sites (N-methyl/N-ethyl adjacent to an activating group) is 1. The maximum Gasteiger partial charge on any atom is 0.159 e. The minimum absolute atomic E-state index is 0.540. The van der Waals surface area contributed by atoms with Crippen LogP contribution in [0, 0.1) is 5.92 Å². The van der Waals surface area contributed by atoms with Crippen molar-refractivity contribution < 1.29 is 0 Å². The van der Waals surface area contributed by atoms with Gasteiger partial charge in [-0.1, -0.05) is 31.9 Å². The first-order chi connectivity index (χ1) is 19.6. The molecule has 1 aliphatic carbocycles. The van der Waals surface area contributed by atoms with Crippen LogP contribution in [0.15, 0.2) is 61.3 Å². The highest BCUT2D eigenvalue weighted by atomic mass is 15.3. The van der Waals surface area contributed by atoms with E-state index in [9.17, 15) is 0 Å². The molecule has 1 saturated carbocycles. The summed E-state index contributed by atoms with van der Waals surface area (Å²) in [5.41, 5.74) is 8.87. The monoisotopic (exact) mass is 533 g/mol. The highest BCUT2D eigenvalue weighted by molar-refractivity contribution is 5.97. The predicted octanol–water partition coefficient (Wildman–Crippen LogP) is 5.82. The van der Waals surface area contributed by atoms with E-state index in [2.05, 4.69) is 78.2 Å². The first-order valence-electron chi connectivity index (χ1n) is 14.3. The van der Waals surface area contributed by atoms with Crippen LogP contribution in [0.4, 0.5) is 11.4 Å². The first-order valence-corrected chi connectivity index (χ1v) is 14.3. The Morgan fingerprint density at radius 3 is 2.60 bits per heavy atom. The number of rotatable bonds is 6. The van der Waals surface area contributed by atoms with Crippen molar-refractivity contribution in [1.29, 1.82) is 0 Å². The van der Waals surface area contributed by atoms with E-state index in [1.54, 1.807) is 0 Å². The average molecular weight is 534 g/mol. The molecule has 2 fully saturated rings. The number of anilines is 2. The fraction of sp³-hybridized carbons (Fsp3) is 0.355. The zero-order chi connectivity index (χ0) is 27.1. The van der Waals surface area contributed by atoms with Gasteiger partial charge in [-0.2, -0.15) is 5.10 Å². The lowest BCUT2D eigenvalue weighted by Crippen LogP contribution is -2.44. The molecule has 9 nitrogen and oxygen atoms in total. The molecule has 9 heteroatoms. The van der Waals surface area contributed by atoms with E-state index >= 15 is 0 Å². The summed E-state index contributed by atoms with van der Waals surface area (Å²) < 4.78 is 0. The van der Waals surface area contributed by atoms with Crippen LogP contribution in [0.5, 0.6) is 0 Å². The van der Waals surface area contributed by atoms with Gasteiger partial charge >= 0.3 is 0 Å². The lowest BCUT2D eigenvalue weighted by molar-refractivity contribution is 0.313. The van der Waals surface area contributed by atoms with Gasteiger partial charge in [-0.25, -0.2) is 4.98 Å². The third-order valence-corrected chi connectivity index (χ3v) is 8.48. The van der Waals surface area contributed by atoms with Crippen molar-refractivity contribution in [2.45, 2.75) is 32.1 Å². The highest BCUT2D eigenvalue weighted by Gasteiger charge is 2.21. The molecule has 1 aliphatic heterocycles. The molecule has 3 N–H and O–H groups in total. The summed E-state index contributed by atoms with van der Waals surface area (Å²) in [6.45, 7) is 8.32.